The fraction of sp³-hybridized carbons (Fsp3) is 0.385. The first-order valence-corrected chi connectivity index (χ1v) is 5.44. The van der Waals surface area contributed by atoms with E-state index < -0.39 is 0 Å². The minimum atomic E-state index is 0.256. The second-order valence-corrected chi connectivity index (χ2v) is 4.24. The molecule has 1 aliphatic rings. The van der Waals surface area contributed by atoms with Gasteiger partial charge in [0.15, 0.2) is 0 Å². The van der Waals surface area contributed by atoms with Crippen LogP contribution < -0.4 is 5.73 Å². The van der Waals surface area contributed by atoms with Crippen molar-refractivity contribution in [3.05, 3.63) is 48.6 Å². The number of hydrogen-bond donors (Lipinski definition) is 1. The Morgan fingerprint density at radius 1 is 1.33 bits per heavy atom. The Labute approximate surface area is 91.4 Å². The van der Waals surface area contributed by atoms with E-state index in [4.69, 9.17) is 5.73 Å². The van der Waals surface area contributed by atoms with Gasteiger partial charge in [-0.3, -0.25) is 4.90 Å². The minimum absolute atomic E-state index is 0.256. The van der Waals surface area contributed by atoms with Crippen molar-refractivity contribution >= 4 is 0 Å². The average molecular weight is 202 g/mol. The second-order valence-electron chi connectivity index (χ2n) is 4.24. The van der Waals surface area contributed by atoms with Crippen molar-refractivity contribution in [1.29, 1.82) is 0 Å². The van der Waals surface area contributed by atoms with Crippen LogP contribution in [0.25, 0.3) is 0 Å². The highest BCUT2D eigenvalue weighted by Crippen LogP contribution is 2.18. The fourth-order valence-corrected chi connectivity index (χ4v) is 2.16. The van der Waals surface area contributed by atoms with E-state index in [0.29, 0.717) is 5.92 Å². The van der Waals surface area contributed by atoms with Crippen molar-refractivity contribution in [3.63, 3.8) is 0 Å². The zero-order valence-corrected chi connectivity index (χ0v) is 8.97. The van der Waals surface area contributed by atoms with Crippen LogP contribution in [0.2, 0.25) is 0 Å². The fourth-order valence-electron chi connectivity index (χ4n) is 2.16. The summed E-state index contributed by atoms with van der Waals surface area (Å²) in [4.78, 5) is 2.40. The summed E-state index contributed by atoms with van der Waals surface area (Å²) in [5.41, 5.74) is 7.38. The zero-order valence-electron chi connectivity index (χ0n) is 8.97. The van der Waals surface area contributed by atoms with Crippen molar-refractivity contribution in [1.82, 2.24) is 4.90 Å². The molecule has 1 aliphatic heterocycles. The molecule has 2 unspecified atom stereocenters. The standard InChI is InChI=1S/C13H18N2/c1-2-12-9-15(10-13(12)14)8-11-6-4-3-5-7-11/h2-7,12-13H,1,8-10,14H2. The number of benzene rings is 1. The van der Waals surface area contributed by atoms with Gasteiger partial charge < -0.3 is 5.73 Å². The summed E-state index contributed by atoms with van der Waals surface area (Å²) < 4.78 is 0. The molecule has 15 heavy (non-hydrogen) atoms. The molecule has 2 rings (SSSR count). The number of likely N-dealkylation sites (tertiary alicyclic amines) is 1. The Kier molecular flexibility index (Phi) is 3.19. The van der Waals surface area contributed by atoms with Crippen LogP contribution >= 0.6 is 0 Å². The molecule has 0 bridgehead atoms. The summed E-state index contributed by atoms with van der Waals surface area (Å²) in [6, 6.07) is 10.8. The number of nitrogens with zero attached hydrogens (tertiary/aromatic N) is 1. The van der Waals surface area contributed by atoms with E-state index in [1.54, 1.807) is 0 Å². The lowest BCUT2D eigenvalue weighted by atomic mass is 10.1. The van der Waals surface area contributed by atoms with Gasteiger partial charge in [-0.15, -0.1) is 6.58 Å². The largest absolute Gasteiger partial charge is 0.326 e. The molecule has 2 N–H and O–H groups in total. The number of nitrogens with two attached hydrogens (primary N) is 1. The van der Waals surface area contributed by atoms with Gasteiger partial charge in [0.1, 0.15) is 0 Å². The monoisotopic (exact) mass is 202 g/mol. The van der Waals surface area contributed by atoms with Crippen LogP contribution in [0.4, 0.5) is 0 Å². The van der Waals surface area contributed by atoms with E-state index >= 15 is 0 Å². The summed E-state index contributed by atoms with van der Waals surface area (Å²) in [6.45, 7) is 6.85. The van der Waals surface area contributed by atoms with Crippen molar-refractivity contribution in [2.45, 2.75) is 12.6 Å². The van der Waals surface area contributed by atoms with Crippen molar-refractivity contribution < 1.29 is 0 Å². The smallest absolute Gasteiger partial charge is 0.0243 e. The molecule has 2 nitrogen and oxygen atoms in total. The highest BCUT2D eigenvalue weighted by molar-refractivity contribution is 5.15. The Morgan fingerprint density at radius 3 is 2.67 bits per heavy atom. The van der Waals surface area contributed by atoms with E-state index in [1.807, 2.05) is 12.1 Å². The van der Waals surface area contributed by atoms with Gasteiger partial charge in [0.05, 0.1) is 0 Å². The Hall–Kier alpha value is -1.12. The summed E-state index contributed by atoms with van der Waals surface area (Å²) in [7, 11) is 0. The van der Waals surface area contributed by atoms with Gasteiger partial charge in [0, 0.05) is 31.6 Å². The lowest BCUT2D eigenvalue weighted by Crippen LogP contribution is -2.28. The summed E-state index contributed by atoms with van der Waals surface area (Å²) in [5.74, 6) is 0.453. The summed E-state index contributed by atoms with van der Waals surface area (Å²) >= 11 is 0. The first-order chi connectivity index (χ1) is 7.29. The molecule has 0 aliphatic carbocycles. The first-order valence-electron chi connectivity index (χ1n) is 5.44. The van der Waals surface area contributed by atoms with Crippen LogP contribution in [-0.4, -0.2) is 24.0 Å². The van der Waals surface area contributed by atoms with Crippen molar-refractivity contribution in [2.24, 2.45) is 11.7 Å². The maximum Gasteiger partial charge on any atom is 0.0243 e. The average Bonchev–Trinajstić information content (AvgIpc) is 2.60. The van der Waals surface area contributed by atoms with Gasteiger partial charge in [0.2, 0.25) is 0 Å². The van der Waals surface area contributed by atoms with Crippen LogP contribution in [0.5, 0.6) is 0 Å². The number of rotatable bonds is 3. The molecule has 2 atom stereocenters. The van der Waals surface area contributed by atoms with Gasteiger partial charge >= 0.3 is 0 Å². The van der Waals surface area contributed by atoms with E-state index in [9.17, 15) is 0 Å². The van der Waals surface area contributed by atoms with Crippen LogP contribution in [0.3, 0.4) is 0 Å². The maximum atomic E-state index is 6.02. The Bertz CT molecular complexity index is 321. The quantitative estimate of drug-likeness (QED) is 0.755. The minimum Gasteiger partial charge on any atom is -0.326 e. The van der Waals surface area contributed by atoms with Crippen molar-refractivity contribution in [3.8, 4) is 0 Å². The molecule has 0 radical (unpaired) electrons. The van der Waals surface area contributed by atoms with Crippen molar-refractivity contribution in [2.75, 3.05) is 13.1 Å². The van der Waals surface area contributed by atoms with Crippen LogP contribution in [0, 0.1) is 5.92 Å². The molecule has 1 fully saturated rings. The van der Waals surface area contributed by atoms with E-state index in [-0.39, 0.29) is 6.04 Å². The zero-order chi connectivity index (χ0) is 10.7. The van der Waals surface area contributed by atoms with E-state index in [1.165, 1.54) is 5.56 Å². The van der Waals surface area contributed by atoms with Crippen LogP contribution in [-0.2, 0) is 6.54 Å². The molecule has 0 aromatic heterocycles. The van der Waals surface area contributed by atoms with E-state index in [0.717, 1.165) is 19.6 Å². The highest BCUT2D eigenvalue weighted by Gasteiger charge is 2.27. The van der Waals surface area contributed by atoms with Crippen LogP contribution in [0.1, 0.15) is 5.56 Å². The first kappa shape index (κ1) is 10.4. The van der Waals surface area contributed by atoms with Gasteiger partial charge in [-0.1, -0.05) is 36.4 Å². The number of hydrogen-bond acceptors (Lipinski definition) is 2. The molecule has 0 saturated carbocycles. The molecule has 1 aromatic carbocycles. The molecule has 1 aromatic rings. The van der Waals surface area contributed by atoms with Gasteiger partial charge in [-0.25, -0.2) is 0 Å². The third-order valence-electron chi connectivity index (χ3n) is 3.04. The second kappa shape index (κ2) is 4.60. The molecular weight excluding hydrogens is 184 g/mol. The molecule has 0 spiro atoms. The van der Waals surface area contributed by atoms with Gasteiger partial charge in [-0.2, -0.15) is 0 Å². The normalized spacial score (nSPS) is 26.7. The third-order valence-corrected chi connectivity index (χ3v) is 3.04. The predicted molar refractivity (Wildman–Crippen MR) is 63.4 cm³/mol. The van der Waals surface area contributed by atoms with Gasteiger partial charge in [-0.05, 0) is 5.56 Å². The molecule has 80 valence electrons. The maximum absolute atomic E-state index is 6.02. The summed E-state index contributed by atoms with van der Waals surface area (Å²) in [6.07, 6.45) is 1.98. The highest BCUT2D eigenvalue weighted by atomic mass is 15.2. The SMILES string of the molecule is C=CC1CN(Cc2ccccc2)CC1N. The Morgan fingerprint density at radius 2 is 2.07 bits per heavy atom. The van der Waals surface area contributed by atoms with Crippen LogP contribution in [0.15, 0.2) is 43.0 Å². The molecule has 1 heterocycles. The third kappa shape index (κ3) is 2.46. The van der Waals surface area contributed by atoms with E-state index in [2.05, 4.69) is 35.7 Å². The predicted octanol–water partition coefficient (Wildman–Crippen LogP) is 1.63. The summed E-state index contributed by atoms with van der Waals surface area (Å²) in [5, 5.41) is 0. The lowest BCUT2D eigenvalue weighted by Gasteiger charge is -2.14. The Balaban J connectivity index is 1.95. The molecule has 0 amide bonds. The topological polar surface area (TPSA) is 29.3 Å². The lowest BCUT2D eigenvalue weighted by molar-refractivity contribution is 0.322. The van der Waals surface area contributed by atoms with Gasteiger partial charge in [0.25, 0.3) is 0 Å². The molecule has 2 heteroatoms. The molecular formula is C13H18N2. The molecule has 1 saturated heterocycles.